The molecule has 0 unspecified atom stereocenters. The normalized spacial score (nSPS) is 17.9. The fourth-order valence-corrected chi connectivity index (χ4v) is 3.05. The van der Waals surface area contributed by atoms with Crippen LogP contribution in [0.4, 0.5) is 4.39 Å². The first kappa shape index (κ1) is 15.5. The molecule has 2 rings (SSSR count). The van der Waals surface area contributed by atoms with Crippen LogP contribution in [0.15, 0.2) is 28.8 Å². The third kappa shape index (κ3) is 3.59. The van der Waals surface area contributed by atoms with Gasteiger partial charge >= 0.3 is 0 Å². The predicted molar refractivity (Wildman–Crippen MR) is 82.4 cm³/mol. The molecule has 1 heterocycles. The van der Waals surface area contributed by atoms with E-state index in [0.717, 1.165) is 31.8 Å². The Morgan fingerprint density at radius 1 is 1.50 bits per heavy atom. The highest BCUT2D eigenvalue weighted by Gasteiger charge is 2.26. The molecule has 0 radical (unpaired) electrons. The molecule has 1 aliphatic heterocycles. The summed E-state index contributed by atoms with van der Waals surface area (Å²) in [5.74, 6) is -0.220. The number of aromatic hydroxyl groups is 1. The number of rotatable bonds is 4. The Bertz CT molecular complexity index is 501. The topological polar surface area (TPSA) is 35.5 Å². The summed E-state index contributed by atoms with van der Waals surface area (Å²) in [4.78, 5) is 2.27. The van der Waals surface area contributed by atoms with Crippen LogP contribution in [0.3, 0.4) is 0 Å². The van der Waals surface area contributed by atoms with Crippen LogP contribution >= 0.6 is 15.9 Å². The van der Waals surface area contributed by atoms with Crippen LogP contribution < -0.4 is 5.32 Å². The maximum Gasteiger partial charge on any atom is 0.134 e. The van der Waals surface area contributed by atoms with E-state index < -0.39 is 0 Å². The number of benzene rings is 1. The zero-order valence-corrected chi connectivity index (χ0v) is 13.2. The molecule has 1 aromatic carbocycles. The lowest BCUT2D eigenvalue weighted by Crippen LogP contribution is -2.45. The van der Waals surface area contributed by atoms with Gasteiger partial charge < -0.3 is 10.4 Å². The fraction of sp³-hybridized carbons (Fsp3) is 0.467. The molecule has 0 spiro atoms. The summed E-state index contributed by atoms with van der Waals surface area (Å²) in [6, 6.07) is 2.67. The molecule has 2 N–H and O–H groups in total. The number of nitrogens with zero attached hydrogens (tertiary/aromatic N) is 1. The molecule has 0 saturated carbocycles. The van der Waals surface area contributed by atoms with Gasteiger partial charge in [0.2, 0.25) is 0 Å². The molecular formula is C15H20BrFN2O. The monoisotopic (exact) mass is 342 g/mol. The van der Waals surface area contributed by atoms with Crippen molar-refractivity contribution in [2.75, 3.05) is 26.2 Å². The van der Waals surface area contributed by atoms with Gasteiger partial charge in [-0.3, -0.25) is 4.90 Å². The number of piperazine rings is 1. The average Bonchev–Trinajstić information content (AvgIpc) is 2.41. The van der Waals surface area contributed by atoms with Gasteiger partial charge in [-0.1, -0.05) is 5.57 Å². The van der Waals surface area contributed by atoms with Crippen molar-refractivity contribution >= 4 is 15.9 Å². The van der Waals surface area contributed by atoms with Gasteiger partial charge in [0.1, 0.15) is 11.6 Å². The quantitative estimate of drug-likeness (QED) is 0.824. The molecule has 0 aliphatic carbocycles. The Kier molecular flexibility index (Phi) is 5.18. The highest BCUT2D eigenvalue weighted by molar-refractivity contribution is 9.10. The summed E-state index contributed by atoms with van der Waals surface area (Å²) >= 11 is 3.21. The zero-order chi connectivity index (χ0) is 14.7. The second-order valence-electron chi connectivity index (χ2n) is 5.29. The van der Waals surface area contributed by atoms with Gasteiger partial charge in [0.25, 0.3) is 0 Å². The second kappa shape index (κ2) is 6.70. The Morgan fingerprint density at radius 3 is 2.75 bits per heavy atom. The minimum Gasteiger partial charge on any atom is -0.506 e. The van der Waals surface area contributed by atoms with Gasteiger partial charge in [0.05, 0.1) is 4.47 Å². The van der Waals surface area contributed by atoms with Crippen LogP contribution in [-0.2, 0) is 0 Å². The van der Waals surface area contributed by atoms with E-state index in [1.807, 2.05) is 6.92 Å². The standard InChI is InChI=1S/C15H20BrFN2O/c1-10(2)7-14(19-5-3-18-4-6-19)12-8-11(17)9-13(16)15(12)20/h8-9,14,18,20H,1,3-7H2,2H3/t14-/m0/s1. The smallest absolute Gasteiger partial charge is 0.134 e. The van der Waals surface area contributed by atoms with Crippen LogP contribution in [0.2, 0.25) is 0 Å². The summed E-state index contributed by atoms with van der Waals surface area (Å²) in [6.07, 6.45) is 0.712. The van der Waals surface area contributed by atoms with Crippen LogP contribution in [0.5, 0.6) is 5.75 Å². The van der Waals surface area contributed by atoms with E-state index >= 15 is 0 Å². The van der Waals surface area contributed by atoms with Crippen LogP contribution in [0.25, 0.3) is 0 Å². The van der Waals surface area contributed by atoms with Crippen molar-refractivity contribution in [2.45, 2.75) is 19.4 Å². The average molecular weight is 343 g/mol. The van der Waals surface area contributed by atoms with E-state index in [9.17, 15) is 9.50 Å². The van der Waals surface area contributed by atoms with Gasteiger partial charge in [0.15, 0.2) is 0 Å². The van der Waals surface area contributed by atoms with Crippen LogP contribution in [-0.4, -0.2) is 36.2 Å². The van der Waals surface area contributed by atoms with Crippen molar-refractivity contribution in [3.63, 3.8) is 0 Å². The van der Waals surface area contributed by atoms with E-state index in [2.05, 4.69) is 32.7 Å². The third-order valence-corrected chi connectivity index (χ3v) is 4.16. The lowest BCUT2D eigenvalue weighted by molar-refractivity contribution is 0.169. The summed E-state index contributed by atoms with van der Waals surface area (Å²) in [6.45, 7) is 9.49. The van der Waals surface area contributed by atoms with Crippen molar-refractivity contribution in [3.05, 3.63) is 40.1 Å². The number of halogens is 2. The number of hydrogen-bond donors (Lipinski definition) is 2. The van der Waals surface area contributed by atoms with Gasteiger partial charge in [-0.15, -0.1) is 6.58 Å². The van der Waals surface area contributed by atoms with Gasteiger partial charge in [0, 0.05) is 37.8 Å². The highest BCUT2D eigenvalue weighted by atomic mass is 79.9. The lowest BCUT2D eigenvalue weighted by atomic mass is 9.97. The minimum absolute atomic E-state index is 0.0402. The highest BCUT2D eigenvalue weighted by Crippen LogP contribution is 2.38. The first-order valence-corrected chi connectivity index (χ1v) is 7.55. The molecular weight excluding hydrogens is 323 g/mol. The first-order chi connectivity index (χ1) is 9.49. The molecule has 3 nitrogen and oxygen atoms in total. The minimum atomic E-state index is -0.341. The molecule has 1 aromatic rings. The van der Waals surface area contributed by atoms with Crippen molar-refractivity contribution in [3.8, 4) is 5.75 Å². The summed E-state index contributed by atoms with van der Waals surface area (Å²) in [5.41, 5.74) is 1.65. The molecule has 110 valence electrons. The molecule has 20 heavy (non-hydrogen) atoms. The molecule has 1 fully saturated rings. The SMILES string of the molecule is C=C(C)C[C@@H](c1cc(F)cc(Br)c1O)N1CCNCC1. The molecule has 1 aliphatic rings. The van der Waals surface area contributed by atoms with Gasteiger partial charge in [-0.25, -0.2) is 4.39 Å². The van der Waals surface area contributed by atoms with Crippen molar-refractivity contribution < 1.29 is 9.50 Å². The van der Waals surface area contributed by atoms with Crippen LogP contribution in [0.1, 0.15) is 24.9 Å². The van der Waals surface area contributed by atoms with Crippen molar-refractivity contribution in [1.82, 2.24) is 10.2 Å². The van der Waals surface area contributed by atoms with E-state index in [-0.39, 0.29) is 17.6 Å². The molecule has 1 saturated heterocycles. The Hall–Kier alpha value is -0.910. The lowest BCUT2D eigenvalue weighted by Gasteiger charge is -2.35. The molecule has 5 heteroatoms. The molecule has 0 bridgehead atoms. The maximum atomic E-state index is 13.7. The Balaban J connectivity index is 2.37. The maximum absolute atomic E-state index is 13.7. The third-order valence-electron chi connectivity index (χ3n) is 3.55. The summed E-state index contributed by atoms with van der Waals surface area (Å²) in [7, 11) is 0. The molecule has 1 atom stereocenters. The summed E-state index contributed by atoms with van der Waals surface area (Å²) < 4.78 is 14.1. The number of hydrogen-bond acceptors (Lipinski definition) is 3. The van der Waals surface area contributed by atoms with Crippen molar-refractivity contribution in [2.24, 2.45) is 0 Å². The zero-order valence-electron chi connectivity index (χ0n) is 11.6. The fourth-order valence-electron chi connectivity index (χ4n) is 2.60. The first-order valence-electron chi connectivity index (χ1n) is 6.76. The second-order valence-corrected chi connectivity index (χ2v) is 6.14. The van der Waals surface area contributed by atoms with E-state index in [4.69, 9.17) is 0 Å². The van der Waals surface area contributed by atoms with Gasteiger partial charge in [-0.2, -0.15) is 0 Å². The number of phenolic OH excluding ortho intramolecular Hbond substituents is 1. The summed E-state index contributed by atoms with van der Waals surface area (Å²) in [5, 5.41) is 13.6. The number of phenols is 1. The van der Waals surface area contributed by atoms with E-state index in [1.165, 1.54) is 12.1 Å². The predicted octanol–water partition coefficient (Wildman–Crippen LogP) is 3.21. The Morgan fingerprint density at radius 2 is 2.15 bits per heavy atom. The largest absolute Gasteiger partial charge is 0.506 e. The van der Waals surface area contributed by atoms with E-state index in [1.54, 1.807) is 0 Å². The van der Waals surface area contributed by atoms with Gasteiger partial charge in [-0.05, 0) is 41.4 Å². The molecule has 0 amide bonds. The van der Waals surface area contributed by atoms with E-state index in [0.29, 0.717) is 16.5 Å². The van der Waals surface area contributed by atoms with Crippen molar-refractivity contribution in [1.29, 1.82) is 0 Å². The Labute approximate surface area is 127 Å². The molecule has 0 aromatic heterocycles. The van der Waals surface area contributed by atoms with Crippen LogP contribution in [0, 0.1) is 5.82 Å². The number of nitrogens with one attached hydrogen (secondary N) is 1.